The van der Waals surface area contributed by atoms with E-state index in [4.69, 9.17) is 4.74 Å². The Morgan fingerprint density at radius 1 is 1.29 bits per heavy atom. The summed E-state index contributed by atoms with van der Waals surface area (Å²) in [5.41, 5.74) is 0.0596. The molecule has 2 atom stereocenters. The van der Waals surface area contributed by atoms with Gasteiger partial charge in [0, 0.05) is 0 Å². The third-order valence-corrected chi connectivity index (χ3v) is 6.14. The molecule has 0 amide bonds. The van der Waals surface area contributed by atoms with Gasteiger partial charge in [-0.1, -0.05) is 38.8 Å². The SMILES string of the molecule is CCS(=O)(=O)NC1CCCCC1(O)COc1ccc(C(C)C)cc1. The molecule has 2 unspecified atom stereocenters. The average Bonchev–Trinajstić information content (AvgIpc) is 2.55. The van der Waals surface area contributed by atoms with Crippen LogP contribution in [-0.4, -0.2) is 37.5 Å². The molecule has 6 heteroatoms. The molecular weight excluding hydrogens is 326 g/mol. The van der Waals surface area contributed by atoms with Crippen molar-refractivity contribution in [2.75, 3.05) is 12.4 Å². The molecule has 0 aromatic heterocycles. The van der Waals surface area contributed by atoms with Crippen LogP contribution >= 0.6 is 0 Å². The maximum atomic E-state index is 11.9. The number of sulfonamides is 1. The fourth-order valence-corrected chi connectivity index (χ4v) is 3.96. The number of hydrogen-bond donors (Lipinski definition) is 2. The fraction of sp³-hybridized carbons (Fsp3) is 0.667. The Morgan fingerprint density at radius 3 is 2.54 bits per heavy atom. The first kappa shape index (κ1) is 19.2. The number of ether oxygens (including phenoxy) is 1. The normalized spacial score (nSPS) is 25.0. The lowest BCUT2D eigenvalue weighted by atomic mass is 9.81. The fourth-order valence-electron chi connectivity index (χ4n) is 3.02. The minimum Gasteiger partial charge on any atom is -0.491 e. The molecule has 1 aliphatic carbocycles. The van der Waals surface area contributed by atoms with Gasteiger partial charge < -0.3 is 9.84 Å². The van der Waals surface area contributed by atoms with Crippen LogP contribution in [0.4, 0.5) is 0 Å². The molecule has 136 valence electrons. The second-order valence-electron chi connectivity index (χ2n) is 6.94. The molecule has 0 saturated heterocycles. The number of nitrogens with one attached hydrogen (secondary N) is 1. The predicted octanol–water partition coefficient (Wildman–Crippen LogP) is 2.80. The van der Waals surface area contributed by atoms with Gasteiger partial charge in [-0.2, -0.15) is 0 Å². The van der Waals surface area contributed by atoms with Crippen LogP contribution in [0, 0.1) is 0 Å². The van der Waals surface area contributed by atoms with Crippen LogP contribution in [-0.2, 0) is 10.0 Å². The zero-order valence-electron chi connectivity index (χ0n) is 14.8. The lowest BCUT2D eigenvalue weighted by Crippen LogP contribution is -2.57. The van der Waals surface area contributed by atoms with Gasteiger partial charge in [0.2, 0.25) is 10.0 Å². The first-order valence-corrected chi connectivity index (χ1v) is 10.4. The maximum Gasteiger partial charge on any atom is 0.211 e. The second kappa shape index (κ2) is 7.85. The summed E-state index contributed by atoms with van der Waals surface area (Å²) in [4.78, 5) is 0. The molecule has 1 aromatic rings. The van der Waals surface area contributed by atoms with Crippen LogP contribution in [0.3, 0.4) is 0 Å². The molecule has 1 saturated carbocycles. The predicted molar refractivity (Wildman–Crippen MR) is 95.8 cm³/mol. The largest absolute Gasteiger partial charge is 0.491 e. The Hall–Kier alpha value is -1.11. The quantitative estimate of drug-likeness (QED) is 0.789. The first-order valence-electron chi connectivity index (χ1n) is 8.71. The van der Waals surface area contributed by atoms with Crippen LogP contribution in [0.5, 0.6) is 5.75 Å². The van der Waals surface area contributed by atoms with Crippen LogP contribution in [0.15, 0.2) is 24.3 Å². The van der Waals surface area contributed by atoms with E-state index in [0.29, 0.717) is 24.5 Å². The van der Waals surface area contributed by atoms with Gasteiger partial charge in [0.05, 0.1) is 11.8 Å². The Kier molecular flexibility index (Phi) is 6.28. The highest BCUT2D eigenvalue weighted by Gasteiger charge is 2.41. The van der Waals surface area contributed by atoms with Crippen LogP contribution in [0.2, 0.25) is 0 Å². The topological polar surface area (TPSA) is 75.6 Å². The van der Waals surface area contributed by atoms with Crippen molar-refractivity contribution in [2.45, 2.75) is 64.0 Å². The highest BCUT2D eigenvalue weighted by Crippen LogP contribution is 2.30. The minimum absolute atomic E-state index is 0.0110. The van der Waals surface area contributed by atoms with Crippen molar-refractivity contribution in [2.24, 2.45) is 0 Å². The smallest absolute Gasteiger partial charge is 0.211 e. The highest BCUT2D eigenvalue weighted by atomic mass is 32.2. The van der Waals surface area contributed by atoms with Crippen molar-refractivity contribution >= 4 is 10.0 Å². The summed E-state index contributed by atoms with van der Waals surface area (Å²) in [6.45, 7) is 5.94. The first-order chi connectivity index (χ1) is 11.3. The molecule has 1 fully saturated rings. The van der Waals surface area contributed by atoms with E-state index in [9.17, 15) is 13.5 Å². The highest BCUT2D eigenvalue weighted by molar-refractivity contribution is 7.89. The lowest BCUT2D eigenvalue weighted by molar-refractivity contribution is -0.0535. The summed E-state index contributed by atoms with van der Waals surface area (Å²) in [5.74, 6) is 1.15. The van der Waals surface area contributed by atoms with Crippen molar-refractivity contribution < 1.29 is 18.3 Å². The third-order valence-electron chi connectivity index (χ3n) is 4.74. The minimum atomic E-state index is -3.35. The van der Waals surface area contributed by atoms with Crippen molar-refractivity contribution in [3.05, 3.63) is 29.8 Å². The second-order valence-corrected chi connectivity index (χ2v) is 8.98. The van der Waals surface area contributed by atoms with Crippen molar-refractivity contribution in [3.63, 3.8) is 0 Å². The van der Waals surface area contributed by atoms with Crippen molar-refractivity contribution in [3.8, 4) is 5.75 Å². The Balaban J connectivity index is 2.04. The molecule has 0 radical (unpaired) electrons. The Bertz CT molecular complexity index is 627. The molecule has 0 bridgehead atoms. The van der Waals surface area contributed by atoms with Crippen LogP contribution in [0.25, 0.3) is 0 Å². The summed E-state index contributed by atoms with van der Waals surface area (Å²) in [5, 5.41) is 10.9. The number of hydrogen-bond acceptors (Lipinski definition) is 4. The maximum absolute atomic E-state index is 11.9. The van der Waals surface area contributed by atoms with Gasteiger partial charge in [0.15, 0.2) is 0 Å². The van der Waals surface area contributed by atoms with Gasteiger partial charge in [-0.3, -0.25) is 0 Å². The van der Waals surface area contributed by atoms with Gasteiger partial charge in [-0.25, -0.2) is 13.1 Å². The Morgan fingerprint density at radius 2 is 1.96 bits per heavy atom. The zero-order valence-corrected chi connectivity index (χ0v) is 15.6. The van der Waals surface area contributed by atoms with E-state index in [-0.39, 0.29) is 12.4 Å². The molecule has 0 aliphatic heterocycles. The van der Waals surface area contributed by atoms with E-state index >= 15 is 0 Å². The summed E-state index contributed by atoms with van der Waals surface area (Å²) in [6, 6.07) is 7.33. The molecule has 0 heterocycles. The van der Waals surface area contributed by atoms with Gasteiger partial charge in [-0.05, 0) is 43.4 Å². The molecule has 24 heavy (non-hydrogen) atoms. The molecule has 1 aromatic carbocycles. The van der Waals surface area contributed by atoms with Crippen LogP contribution < -0.4 is 9.46 Å². The van der Waals surface area contributed by atoms with E-state index in [0.717, 1.165) is 12.8 Å². The van der Waals surface area contributed by atoms with E-state index in [2.05, 4.69) is 18.6 Å². The van der Waals surface area contributed by atoms with Gasteiger partial charge >= 0.3 is 0 Å². The standard InChI is InChI=1S/C18H29NO4S/c1-4-24(21,22)19-17-7-5-6-12-18(17,20)13-23-16-10-8-15(9-11-16)14(2)3/h8-11,14,17,19-20H,4-7,12-13H2,1-3H3. The molecule has 2 rings (SSSR count). The number of rotatable bonds is 7. The average molecular weight is 356 g/mol. The number of aliphatic hydroxyl groups is 1. The van der Waals surface area contributed by atoms with E-state index in [1.807, 2.05) is 24.3 Å². The Labute approximate surface area is 145 Å². The molecule has 5 nitrogen and oxygen atoms in total. The van der Waals surface area contributed by atoms with E-state index in [1.165, 1.54) is 5.56 Å². The summed E-state index contributed by atoms with van der Waals surface area (Å²) < 4.78 is 32.2. The number of benzene rings is 1. The molecule has 0 spiro atoms. The van der Waals surface area contributed by atoms with Crippen molar-refractivity contribution in [1.29, 1.82) is 0 Å². The summed E-state index contributed by atoms with van der Waals surface area (Å²) in [7, 11) is -3.35. The third kappa shape index (κ3) is 4.94. The van der Waals surface area contributed by atoms with E-state index < -0.39 is 21.7 Å². The molecule has 1 aliphatic rings. The van der Waals surface area contributed by atoms with Crippen molar-refractivity contribution in [1.82, 2.24) is 4.72 Å². The van der Waals surface area contributed by atoms with Gasteiger partial charge in [-0.15, -0.1) is 0 Å². The van der Waals surface area contributed by atoms with Gasteiger partial charge in [0.25, 0.3) is 0 Å². The van der Waals surface area contributed by atoms with Crippen LogP contribution in [0.1, 0.15) is 57.9 Å². The zero-order chi connectivity index (χ0) is 17.8. The van der Waals surface area contributed by atoms with E-state index in [1.54, 1.807) is 6.92 Å². The monoisotopic (exact) mass is 355 g/mol. The molecule has 2 N–H and O–H groups in total. The van der Waals surface area contributed by atoms with Gasteiger partial charge in [0.1, 0.15) is 18.0 Å². The summed E-state index contributed by atoms with van der Waals surface area (Å²) in [6.07, 6.45) is 2.94. The molecular formula is C18H29NO4S. The lowest BCUT2D eigenvalue weighted by Gasteiger charge is -2.39. The summed E-state index contributed by atoms with van der Waals surface area (Å²) >= 11 is 0.